The number of thioether (sulfide) groups is 1. The van der Waals surface area contributed by atoms with Crippen molar-refractivity contribution in [3.05, 3.63) is 82.3 Å². The van der Waals surface area contributed by atoms with Crippen molar-refractivity contribution < 1.29 is 19.5 Å². The average Bonchev–Trinajstić information content (AvgIpc) is 3.05. The van der Waals surface area contributed by atoms with Gasteiger partial charge >= 0.3 is 0 Å². The molecule has 0 aliphatic carbocycles. The number of carbonyl (C=O) groups excluding carboxylic acids is 3. The Kier molecular flexibility index (Phi) is 8.39. The van der Waals surface area contributed by atoms with Crippen molar-refractivity contribution in [1.82, 2.24) is 15.8 Å². The molecule has 1 heterocycles. The zero-order valence-electron chi connectivity index (χ0n) is 17.9. The molecule has 9 heteroatoms. The minimum Gasteiger partial charge on any atom is -0.508 e. The summed E-state index contributed by atoms with van der Waals surface area (Å²) in [7, 11) is 0. The molecule has 1 saturated heterocycles. The van der Waals surface area contributed by atoms with Crippen LogP contribution in [0.5, 0.6) is 5.75 Å². The smallest absolute Gasteiger partial charge is 0.269 e. The van der Waals surface area contributed by atoms with Crippen molar-refractivity contribution in [3.8, 4) is 5.75 Å². The maximum Gasteiger partial charge on any atom is 0.269 e. The predicted octanol–water partition coefficient (Wildman–Crippen LogP) is 3.78. The summed E-state index contributed by atoms with van der Waals surface area (Å²) in [6.07, 6.45) is 4.29. The molecule has 3 N–H and O–H groups in total. The predicted molar refractivity (Wildman–Crippen MR) is 133 cm³/mol. The second kappa shape index (κ2) is 11.4. The topological polar surface area (TPSA) is 98.7 Å². The standard InChI is InChI=1S/C24H23N3O4S2/c1-16(13-17-7-3-2-4-8-17)14-20-23(31)27(24(32)33-20)12-6-11-21(29)25-26-22(30)18-9-5-10-19(28)15-18/h2-5,7-10,13-15,28H,6,11-12H2,1H3,(H,25,29)(H,26,30). The van der Waals surface area contributed by atoms with E-state index >= 15 is 0 Å². The molecule has 1 aliphatic heterocycles. The van der Waals surface area contributed by atoms with Crippen LogP contribution in [0.1, 0.15) is 35.7 Å². The zero-order chi connectivity index (χ0) is 23.8. The van der Waals surface area contributed by atoms with Crippen molar-refractivity contribution in [2.75, 3.05) is 6.54 Å². The molecule has 0 spiro atoms. The van der Waals surface area contributed by atoms with Gasteiger partial charge in [-0.15, -0.1) is 0 Å². The summed E-state index contributed by atoms with van der Waals surface area (Å²) in [6.45, 7) is 2.23. The van der Waals surface area contributed by atoms with Crippen LogP contribution < -0.4 is 10.9 Å². The molecule has 3 rings (SSSR count). The van der Waals surface area contributed by atoms with Gasteiger partial charge in [0.2, 0.25) is 5.91 Å². The first kappa shape index (κ1) is 24.2. The fourth-order valence-electron chi connectivity index (χ4n) is 3.06. The van der Waals surface area contributed by atoms with Crippen LogP contribution in [0.25, 0.3) is 6.08 Å². The minimum absolute atomic E-state index is 0.0442. The molecule has 170 valence electrons. The molecule has 2 aromatic rings. The van der Waals surface area contributed by atoms with Crippen molar-refractivity contribution >= 4 is 52.1 Å². The number of nitrogens with zero attached hydrogens (tertiary/aromatic N) is 1. The Morgan fingerprint density at radius 1 is 1.12 bits per heavy atom. The Morgan fingerprint density at radius 2 is 1.88 bits per heavy atom. The van der Waals surface area contributed by atoms with Crippen LogP contribution in [0.4, 0.5) is 0 Å². The van der Waals surface area contributed by atoms with Gasteiger partial charge in [0.05, 0.1) is 4.91 Å². The van der Waals surface area contributed by atoms with Gasteiger partial charge in [-0.1, -0.05) is 66.5 Å². The first-order valence-electron chi connectivity index (χ1n) is 10.2. The molecule has 0 unspecified atom stereocenters. The maximum atomic E-state index is 12.7. The first-order valence-corrected chi connectivity index (χ1v) is 11.4. The van der Waals surface area contributed by atoms with Gasteiger partial charge in [0, 0.05) is 18.5 Å². The summed E-state index contributed by atoms with van der Waals surface area (Å²) in [5.41, 5.74) is 6.82. The number of phenols is 1. The molecule has 0 aromatic heterocycles. The molecule has 2 aromatic carbocycles. The fraction of sp³-hybridized carbons (Fsp3) is 0.167. The lowest BCUT2D eigenvalue weighted by Gasteiger charge is -2.14. The van der Waals surface area contributed by atoms with Crippen LogP contribution in [0.3, 0.4) is 0 Å². The second-order valence-corrected chi connectivity index (χ2v) is 8.96. The Balaban J connectivity index is 1.46. The van der Waals surface area contributed by atoms with E-state index in [1.165, 1.54) is 40.9 Å². The van der Waals surface area contributed by atoms with E-state index in [2.05, 4.69) is 10.9 Å². The fourth-order valence-corrected chi connectivity index (χ4v) is 4.42. The number of carbonyl (C=O) groups is 3. The number of nitrogens with one attached hydrogen (secondary N) is 2. The van der Waals surface area contributed by atoms with E-state index < -0.39 is 11.8 Å². The van der Waals surface area contributed by atoms with E-state index in [9.17, 15) is 19.5 Å². The molecular weight excluding hydrogens is 458 g/mol. The molecule has 0 bridgehead atoms. The summed E-state index contributed by atoms with van der Waals surface area (Å²) in [5, 5.41) is 9.42. The first-order chi connectivity index (χ1) is 15.8. The number of benzene rings is 2. The quantitative estimate of drug-likeness (QED) is 0.316. The van der Waals surface area contributed by atoms with E-state index in [-0.39, 0.29) is 23.6 Å². The van der Waals surface area contributed by atoms with Crippen LogP contribution in [0, 0.1) is 0 Å². The molecule has 33 heavy (non-hydrogen) atoms. The van der Waals surface area contributed by atoms with Gasteiger partial charge in [-0.3, -0.25) is 30.1 Å². The highest BCUT2D eigenvalue weighted by Gasteiger charge is 2.31. The third kappa shape index (κ3) is 7.03. The number of allylic oxidation sites excluding steroid dienone is 2. The number of aromatic hydroxyl groups is 1. The summed E-state index contributed by atoms with van der Waals surface area (Å²) < 4.78 is 0.455. The Morgan fingerprint density at radius 3 is 2.61 bits per heavy atom. The average molecular weight is 482 g/mol. The summed E-state index contributed by atoms with van der Waals surface area (Å²) in [5.74, 6) is -1.16. The summed E-state index contributed by atoms with van der Waals surface area (Å²) in [6, 6.07) is 15.6. The number of amides is 3. The molecule has 0 saturated carbocycles. The number of thiocarbonyl (C=S) groups is 1. The van der Waals surface area contributed by atoms with Crippen LogP contribution in [-0.4, -0.2) is 38.6 Å². The van der Waals surface area contributed by atoms with Gasteiger partial charge in [-0.25, -0.2) is 0 Å². The molecule has 7 nitrogen and oxygen atoms in total. The maximum absolute atomic E-state index is 12.7. The van der Waals surface area contributed by atoms with Gasteiger partial charge in [0.15, 0.2) is 0 Å². The van der Waals surface area contributed by atoms with E-state index in [1.54, 1.807) is 0 Å². The van der Waals surface area contributed by atoms with Crippen LogP contribution in [-0.2, 0) is 9.59 Å². The Bertz CT molecular complexity index is 1130. The number of hydrogen-bond acceptors (Lipinski definition) is 6. The van der Waals surface area contributed by atoms with Crippen molar-refractivity contribution in [3.63, 3.8) is 0 Å². The van der Waals surface area contributed by atoms with E-state index in [4.69, 9.17) is 12.2 Å². The zero-order valence-corrected chi connectivity index (χ0v) is 19.5. The summed E-state index contributed by atoms with van der Waals surface area (Å²) >= 11 is 6.58. The number of hydrogen-bond donors (Lipinski definition) is 3. The van der Waals surface area contributed by atoms with Crippen molar-refractivity contribution in [2.45, 2.75) is 19.8 Å². The minimum atomic E-state index is -0.541. The number of phenolic OH excluding ortho intramolecular Hbond substituents is 1. The monoisotopic (exact) mass is 481 g/mol. The third-order valence-corrected chi connectivity index (χ3v) is 6.01. The molecule has 0 radical (unpaired) electrons. The normalized spacial score (nSPS) is 15.1. The van der Waals surface area contributed by atoms with Gasteiger partial charge in [0.1, 0.15) is 10.1 Å². The lowest BCUT2D eigenvalue weighted by molar-refractivity contribution is -0.124. The highest BCUT2D eigenvalue weighted by molar-refractivity contribution is 8.26. The van der Waals surface area contributed by atoms with Crippen molar-refractivity contribution in [1.29, 1.82) is 0 Å². The number of rotatable bonds is 7. The van der Waals surface area contributed by atoms with Gasteiger partial charge in [0.25, 0.3) is 11.8 Å². The molecule has 1 fully saturated rings. The largest absolute Gasteiger partial charge is 0.508 e. The molecular formula is C24H23N3O4S2. The van der Waals surface area contributed by atoms with Gasteiger partial charge in [-0.2, -0.15) is 0 Å². The lowest BCUT2D eigenvalue weighted by atomic mass is 10.1. The summed E-state index contributed by atoms with van der Waals surface area (Å²) in [4.78, 5) is 38.8. The lowest BCUT2D eigenvalue weighted by Crippen LogP contribution is -2.41. The number of hydrazine groups is 1. The van der Waals surface area contributed by atoms with Crippen LogP contribution >= 0.6 is 24.0 Å². The molecule has 3 amide bonds. The van der Waals surface area contributed by atoms with Gasteiger partial charge in [-0.05, 0) is 48.8 Å². The van der Waals surface area contributed by atoms with Crippen molar-refractivity contribution in [2.24, 2.45) is 0 Å². The second-order valence-electron chi connectivity index (χ2n) is 7.29. The van der Waals surface area contributed by atoms with Crippen LogP contribution in [0.15, 0.2) is 71.2 Å². The molecule has 0 atom stereocenters. The van der Waals surface area contributed by atoms with Gasteiger partial charge < -0.3 is 5.11 Å². The third-order valence-electron chi connectivity index (χ3n) is 4.64. The molecule has 1 aliphatic rings. The SMILES string of the molecule is CC(=Cc1ccccc1)C=C1SC(=S)N(CCCC(=O)NNC(=O)c2cccc(O)c2)C1=O. The van der Waals surface area contributed by atoms with Crippen LogP contribution in [0.2, 0.25) is 0 Å². The Labute approximate surface area is 201 Å². The van der Waals surface area contributed by atoms with E-state index in [0.29, 0.717) is 22.2 Å². The highest BCUT2D eigenvalue weighted by Crippen LogP contribution is 2.32. The highest BCUT2D eigenvalue weighted by atomic mass is 32.2. The Hall–Kier alpha value is -3.43. The van der Waals surface area contributed by atoms with E-state index in [1.807, 2.05) is 49.4 Å². The van der Waals surface area contributed by atoms with E-state index in [0.717, 1.165) is 11.1 Å².